The average molecular weight is 493 g/mol. The Kier molecular flexibility index (Phi) is 7.86. The summed E-state index contributed by atoms with van der Waals surface area (Å²) >= 11 is 1.63. The van der Waals surface area contributed by atoms with Crippen molar-refractivity contribution in [2.75, 3.05) is 6.61 Å². The molecule has 0 atom stereocenters. The van der Waals surface area contributed by atoms with Crippen molar-refractivity contribution in [1.82, 2.24) is 0 Å². The van der Waals surface area contributed by atoms with Gasteiger partial charge in [0.2, 0.25) is 0 Å². The van der Waals surface area contributed by atoms with Crippen LogP contribution in [0.2, 0.25) is 0 Å². The molecule has 0 saturated heterocycles. The minimum Gasteiger partial charge on any atom is -0.493 e. The van der Waals surface area contributed by atoms with Gasteiger partial charge in [0, 0.05) is 32.2 Å². The molecule has 3 nitrogen and oxygen atoms in total. The smallest absolute Gasteiger partial charge is 0.328 e. The fraction of sp³-hybridized carbons (Fsp3) is 0.452. The van der Waals surface area contributed by atoms with E-state index in [9.17, 15) is 9.90 Å². The molecule has 0 aliphatic carbocycles. The molecule has 0 amide bonds. The van der Waals surface area contributed by atoms with E-state index in [1.807, 2.05) is 6.92 Å². The molecule has 4 heteroatoms. The number of allylic oxidation sites excluding steroid dienone is 1. The van der Waals surface area contributed by atoms with Gasteiger partial charge in [-0.15, -0.1) is 11.3 Å². The SMILES string of the molecule is C/C(=C/C(=O)O)c1cc2c(-c3cc(C(C)(C)C)cc(C(C)(C)C)c3OCCC(C)C)cccc2s1. The Balaban J connectivity index is 2.33. The first-order valence-corrected chi connectivity index (χ1v) is 13.3. The maximum absolute atomic E-state index is 11.3. The highest BCUT2D eigenvalue weighted by Gasteiger charge is 2.27. The Bertz CT molecular complexity index is 1250. The quantitative estimate of drug-likeness (QED) is 0.335. The molecule has 188 valence electrons. The van der Waals surface area contributed by atoms with Crippen LogP contribution < -0.4 is 4.74 Å². The summed E-state index contributed by atoms with van der Waals surface area (Å²) in [5.74, 6) is 0.607. The number of carboxylic acid groups (broad SMARTS) is 1. The average Bonchev–Trinajstić information content (AvgIpc) is 3.16. The molecular weight excluding hydrogens is 452 g/mol. The number of ether oxygens (including phenoxy) is 1. The van der Waals surface area contributed by atoms with E-state index in [0.717, 1.165) is 43.8 Å². The van der Waals surface area contributed by atoms with E-state index in [1.165, 1.54) is 17.2 Å². The van der Waals surface area contributed by atoms with Gasteiger partial charge in [0.15, 0.2) is 0 Å². The summed E-state index contributed by atoms with van der Waals surface area (Å²) in [5, 5.41) is 10.4. The van der Waals surface area contributed by atoms with Crippen LogP contribution in [0.1, 0.15) is 84.7 Å². The van der Waals surface area contributed by atoms with Crippen LogP contribution in [0.25, 0.3) is 26.8 Å². The monoisotopic (exact) mass is 492 g/mol. The first kappa shape index (κ1) is 27.0. The van der Waals surface area contributed by atoms with Crippen molar-refractivity contribution in [2.24, 2.45) is 5.92 Å². The lowest BCUT2D eigenvalue weighted by atomic mass is 9.78. The van der Waals surface area contributed by atoms with E-state index in [2.05, 4.69) is 91.8 Å². The Morgan fingerprint density at radius 2 is 1.71 bits per heavy atom. The Morgan fingerprint density at radius 1 is 1.03 bits per heavy atom. The van der Waals surface area contributed by atoms with Gasteiger partial charge in [-0.1, -0.05) is 73.6 Å². The summed E-state index contributed by atoms with van der Waals surface area (Å²) in [6.45, 7) is 20.5. The number of benzene rings is 2. The van der Waals surface area contributed by atoms with Crippen molar-refractivity contribution >= 4 is 33.0 Å². The molecule has 1 N–H and O–H groups in total. The predicted octanol–water partition coefficient (Wildman–Crippen LogP) is 9.08. The van der Waals surface area contributed by atoms with Crippen LogP contribution in [0.5, 0.6) is 5.75 Å². The largest absolute Gasteiger partial charge is 0.493 e. The normalized spacial score (nSPS) is 13.0. The lowest BCUT2D eigenvalue weighted by Crippen LogP contribution is -2.19. The molecule has 0 aliphatic rings. The highest BCUT2D eigenvalue weighted by atomic mass is 32.1. The number of thiophene rings is 1. The number of rotatable bonds is 7. The van der Waals surface area contributed by atoms with Crippen molar-refractivity contribution in [2.45, 2.75) is 79.6 Å². The molecule has 3 aromatic rings. The number of carbonyl (C=O) groups is 1. The van der Waals surface area contributed by atoms with Crippen LogP contribution in [-0.2, 0) is 15.6 Å². The molecule has 0 unspecified atom stereocenters. The second kappa shape index (κ2) is 10.2. The third kappa shape index (κ3) is 6.35. The first-order valence-electron chi connectivity index (χ1n) is 12.4. The van der Waals surface area contributed by atoms with Crippen molar-refractivity contribution < 1.29 is 14.6 Å². The van der Waals surface area contributed by atoms with Crippen molar-refractivity contribution in [1.29, 1.82) is 0 Å². The minimum atomic E-state index is -0.922. The van der Waals surface area contributed by atoms with Gasteiger partial charge in [0.05, 0.1) is 6.61 Å². The molecule has 1 aromatic heterocycles. The zero-order valence-electron chi connectivity index (χ0n) is 22.7. The number of carboxylic acids is 1. The van der Waals surface area contributed by atoms with Crippen molar-refractivity contribution in [3.8, 4) is 16.9 Å². The summed E-state index contributed by atoms with van der Waals surface area (Å²) in [6.07, 6.45) is 2.28. The van der Waals surface area contributed by atoms with Crippen LogP contribution in [0.4, 0.5) is 0 Å². The van der Waals surface area contributed by atoms with Crippen LogP contribution in [0, 0.1) is 5.92 Å². The Morgan fingerprint density at radius 3 is 2.29 bits per heavy atom. The van der Waals surface area contributed by atoms with Gasteiger partial charge in [0.1, 0.15) is 5.75 Å². The molecular formula is C31H40O3S. The molecule has 1 heterocycles. The third-order valence-corrected chi connectivity index (χ3v) is 7.52. The zero-order valence-corrected chi connectivity index (χ0v) is 23.5. The first-order chi connectivity index (χ1) is 16.2. The molecule has 3 rings (SSSR count). The highest BCUT2D eigenvalue weighted by molar-refractivity contribution is 7.20. The van der Waals surface area contributed by atoms with Gasteiger partial charge in [-0.05, 0) is 65.0 Å². The van der Waals surface area contributed by atoms with E-state index in [4.69, 9.17) is 4.74 Å². The lowest BCUT2D eigenvalue weighted by molar-refractivity contribution is -0.131. The fourth-order valence-corrected chi connectivity index (χ4v) is 5.18. The number of fused-ring (bicyclic) bond motifs is 1. The van der Waals surface area contributed by atoms with Crippen molar-refractivity contribution in [3.63, 3.8) is 0 Å². The van der Waals surface area contributed by atoms with Gasteiger partial charge >= 0.3 is 5.97 Å². The van der Waals surface area contributed by atoms with E-state index < -0.39 is 5.97 Å². The van der Waals surface area contributed by atoms with Gasteiger partial charge in [-0.2, -0.15) is 0 Å². The lowest BCUT2D eigenvalue weighted by Gasteiger charge is -2.30. The summed E-state index contributed by atoms with van der Waals surface area (Å²) < 4.78 is 7.74. The molecule has 0 bridgehead atoms. The summed E-state index contributed by atoms with van der Waals surface area (Å²) in [4.78, 5) is 12.2. The standard InChI is InChI=1S/C31H40O3S/c1-19(2)13-14-34-29-24(16-21(30(4,5)6)17-25(29)31(7,8)9)22-11-10-12-26-23(22)18-27(35-26)20(3)15-28(32)33/h10-12,15-19H,13-14H2,1-9H3,(H,32,33)/b20-15-. The molecule has 0 spiro atoms. The molecule has 2 aromatic carbocycles. The predicted molar refractivity (Wildman–Crippen MR) is 151 cm³/mol. The molecule has 0 fully saturated rings. The van der Waals surface area contributed by atoms with Crippen LogP contribution in [-0.4, -0.2) is 17.7 Å². The minimum absolute atomic E-state index is 0.0142. The van der Waals surface area contributed by atoms with Gasteiger partial charge in [-0.25, -0.2) is 4.79 Å². The van der Waals surface area contributed by atoms with Crippen molar-refractivity contribution in [3.05, 3.63) is 58.5 Å². The Labute approximate surface area is 214 Å². The topological polar surface area (TPSA) is 46.5 Å². The second-order valence-electron chi connectivity index (χ2n) is 11.9. The highest BCUT2D eigenvalue weighted by Crippen LogP contribution is 2.46. The van der Waals surface area contributed by atoms with Gasteiger partial charge < -0.3 is 9.84 Å². The molecule has 0 aliphatic heterocycles. The summed E-state index contributed by atoms with van der Waals surface area (Å²) in [7, 11) is 0. The zero-order chi connectivity index (χ0) is 26.1. The molecule has 35 heavy (non-hydrogen) atoms. The summed E-state index contributed by atoms with van der Waals surface area (Å²) in [6, 6.07) is 13.1. The third-order valence-electron chi connectivity index (χ3n) is 6.28. The van der Waals surface area contributed by atoms with Gasteiger partial charge in [0.25, 0.3) is 0 Å². The molecule has 0 saturated carbocycles. The number of hydrogen-bond acceptors (Lipinski definition) is 3. The van der Waals surface area contributed by atoms with Gasteiger partial charge in [-0.3, -0.25) is 0 Å². The number of aliphatic carboxylic acids is 1. The fourth-order valence-electron chi connectivity index (χ4n) is 4.12. The van der Waals surface area contributed by atoms with Crippen LogP contribution in [0.3, 0.4) is 0 Å². The number of hydrogen-bond donors (Lipinski definition) is 1. The van der Waals surface area contributed by atoms with E-state index in [-0.39, 0.29) is 10.8 Å². The molecule has 0 radical (unpaired) electrons. The maximum Gasteiger partial charge on any atom is 0.328 e. The van der Waals surface area contributed by atoms with Crippen LogP contribution in [0.15, 0.2) is 42.5 Å². The maximum atomic E-state index is 11.3. The second-order valence-corrected chi connectivity index (χ2v) is 13.0. The van der Waals surface area contributed by atoms with Crippen LogP contribution >= 0.6 is 11.3 Å². The van der Waals surface area contributed by atoms with E-state index in [0.29, 0.717) is 12.5 Å². The van der Waals surface area contributed by atoms with E-state index in [1.54, 1.807) is 11.3 Å². The van der Waals surface area contributed by atoms with E-state index >= 15 is 0 Å². The summed E-state index contributed by atoms with van der Waals surface area (Å²) in [5.41, 5.74) is 5.40. The Hall–Kier alpha value is -2.59.